The van der Waals surface area contributed by atoms with E-state index in [0.717, 1.165) is 10.0 Å². The second-order valence-electron chi connectivity index (χ2n) is 5.85. The van der Waals surface area contributed by atoms with Crippen LogP contribution >= 0.6 is 31.9 Å². The third kappa shape index (κ3) is 5.27. The van der Waals surface area contributed by atoms with E-state index >= 15 is 0 Å². The fraction of sp³-hybridized carbons (Fsp3) is 0.0556. The van der Waals surface area contributed by atoms with Crippen LogP contribution in [0.3, 0.4) is 0 Å². The molecule has 0 fully saturated rings. The van der Waals surface area contributed by atoms with Crippen molar-refractivity contribution in [1.29, 1.82) is 0 Å². The van der Waals surface area contributed by atoms with Crippen LogP contribution in [0, 0.1) is 10.1 Å². The number of rotatable bonds is 6. The van der Waals surface area contributed by atoms with Gasteiger partial charge in [0.05, 0.1) is 22.2 Å². The van der Waals surface area contributed by atoms with E-state index in [9.17, 15) is 20.0 Å². The summed E-state index contributed by atoms with van der Waals surface area (Å²) in [5.74, 6) is -0.518. The average molecular weight is 523 g/mol. The molecule has 1 heterocycles. The van der Waals surface area contributed by atoms with Gasteiger partial charge in [-0.25, -0.2) is 5.43 Å². The lowest BCUT2D eigenvalue weighted by Gasteiger charge is -2.03. The minimum atomic E-state index is -0.516. The summed E-state index contributed by atoms with van der Waals surface area (Å²) in [7, 11) is 0. The molecule has 0 aliphatic carbocycles. The van der Waals surface area contributed by atoms with E-state index in [2.05, 4.69) is 47.5 Å². The summed E-state index contributed by atoms with van der Waals surface area (Å²) in [5.41, 5.74) is 3.73. The second kappa shape index (κ2) is 8.97. The maximum atomic E-state index is 12.2. The number of carbonyl (C=O) groups is 1. The number of benzene rings is 2. The molecule has 2 aromatic carbocycles. The number of carbonyl (C=O) groups excluding carboxylic acids is 1. The third-order valence-electron chi connectivity index (χ3n) is 3.79. The van der Waals surface area contributed by atoms with Crippen molar-refractivity contribution in [2.45, 2.75) is 6.54 Å². The van der Waals surface area contributed by atoms with Crippen molar-refractivity contribution in [3.63, 3.8) is 0 Å². The molecule has 29 heavy (non-hydrogen) atoms. The zero-order chi connectivity index (χ0) is 21.0. The van der Waals surface area contributed by atoms with Gasteiger partial charge in [0.15, 0.2) is 5.69 Å². The minimum absolute atomic E-state index is 0.00132. The van der Waals surface area contributed by atoms with Crippen molar-refractivity contribution in [3.05, 3.63) is 84.5 Å². The van der Waals surface area contributed by atoms with E-state index in [-0.39, 0.29) is 17.1 Å². The van der Waals surface area contributed by atoms with E-state index < -0.39 is 10.8 Å². The minimum Gasteiger partial charge on any atom is -0.506 e. The number of nitrogens with zero attached hydrogens (tertiary/aromatic N) is 4. The first-order valence-electron chi connectivity index (χ1n) is 8.11. The molecule has 11 heteroatoms. The zero-order valence-corrected chi connectivity index (χ0v) is 17.8. The first-order chi connectivity index (χ1) is 13.8. The monoisotopic (exact) mass is 521 g/mol. The van der Waals surface area contributed by atoms with Crippen molar-refractivity contribution in [3.8, 4) is 5.75 Å². The number of hydrazone groups is 1. The third-order valence-corrected chi connectivity index (χ3v) is 4.85. The molecule has 0 aliphatic rings. The quantitative estimate of drug-likeness (QED) is 0.289. The highest BCUT2D eigenvalue weighted by Crippen LogP contribution is 2.30. The van der Waals surface area contributed by atoms with Gasteiger partial charge in [0, 0.05) is 28.4 Å². The lowest BCUT2D eigenvalue weighted by molar-refractivity contribution is -0.384. The summed E-state index contributed by atoms with van der Waals surface area (Å²) in [6.07, 6.45) is 2.94. The Morgan fingerprint density at radius 1 is 1.28 bits per heavy atom. The van der Waals surface area contributed by atoms with Gasteiger partial charge in [-0.3, -0.25) is 19.6 Å². The van der Waals surface area contributed by atoms with Crippen LogP contribution in [0.1, 0.15) is 21.6 Å². The number of nitro benzene ring substituents is 1. The molecule has 2 N–H and O–H groups in total. The van der Waals surface area contributed by atoms with Crippen LogP contribution in [-0.2, 0) is 6.54 Å². The Labute approximate surface area is 181 Å². The molecule has 0 aliphatic heterocycles. The number of aromatic nitrogens is 2. The van der Waals surface area contributed by atoms with Gasteiger partial charge < -0.3 is 5.11 Å². The van der Waals surface area contributed by atoms with Crippen molar-refractivity contribution in [2.75, 3.05) is 0 Å². The Kier molecular flexibility index (Phi) is 6.39. The fourth-order valence-corrected chi connectivity index (χ4v) is 3.64. The van der Waals surface area contributed by atoms with Crippen molar-refractivity contribution in [2.24, 2.45) is 5.10 Å². The zero-order valence-electron chi connectivity index (χ0n) is 14.6. The number of non-ortho nitro benzene ring substituents is 1. The molecule has 0 bridgehead atoms. The number of nitro groups is 1. The SMILES string of the molecule is O=C(N/N=C\c1cc(Br)cc(Br)c1O)c1ccn(Cc2ccc([N+](=O)[O-])cc2)n1. The normalized spacial score (nSPS) is 11.0. The molecule has 148 valence electrons. The Bertz CT molecular complexity index is 1100. The van der Waals surface area contributed by atoms with Gasteiger partial charge in [-0.2, -0.15) is 10.2 Å². The van der Waals surface area contributed by atoms with Gasteiger partial charge in [0.1, 0.15) is 5.75 Å². The Hall–Kier alpha value is -3.05. The van der Waals surface area contributed by atoms with Gasteiger partial charge in [-0.15, -0.1) is 0 Å². The van der Waals surface area contributed by atoms with Crippen LogP contribution in [0.25, 0.3) is 0 Å². The molecule has 0 unspecified atom stereocenters. The topological polar surface area (TPSA) is 123 Å². The van der Waals surface area contributed by atoms with Crippen LogP contribution in [0.15, 0.2) is 62.7 Å². The van der Waals surface area contributed by atoms with Crippen LogP contribution < -0.4 is 5.43 Å². The predicted molar refractivity (Wildman–Crippen MR) is 113 cm³/mol. The molecular formula is C18H13Br2N5O4. The standard InChI is InChI=1S/C18H13Br2N5O4/c19-13-7-12(17(26)15(20)8-13)9-21-22-18(27)16-5-6-24(23-16)10-11-1-3-14(4-2-11)25(28)29/h1-9,26H,10H2,(H,22,27)/b21-9-. The molecule has 9 nitrogen and oxygen atoms in total. The number of hydrogen-bond donors (Lipinski definition) is 2. The van der Waals surface area contributed by atoms with Crippen LogP contribution in [0.2, 0.25) is 0 Å². The molecule has 3 aromatic rings. The molecule has 1 aromatic heterocycles. The maximum absolute atomic E-state index is 12.2. The summed E-state index contributed by atoms with van der Waals surface area (Å²) in [6, 6.07) is 11.0. The highest BCUT2D eigenvalue weighted by molar-refractivity contribution is 9.11. The Morgan fingerprint density at radius 3 is 2.69 bits per heavy atom. The molecule has 0 atom stereocenters. The highest BCUT2D eigenvalue weighted by atomic mass is 79.9. The van der Waals surface area contributed by atoms with Crippen LogP contribution in [0.4, 0.5) is 5.69 Å². The molecule has 0 saturated heterocycles. The van der Waals surface area contributed by atoms with Gasteiger partial charge in [0.2, 0.25) is 0 Å². The predicted octanol–water partition coefficient (Wildman–Crippen LogP) is 3.83. The van der Waals surface area contributed by atoms with Gasteiger partial charge in [-0.05, 0) is 39.7 Å². The van der Waals surface area contributed by atoms with Crippen molar-refractivity contribution < 1.29 is 14.8 Å². The van der Waals surface area contributed by atoms with Gasteiger partial charge in [-0.1, -0.05) is 28.1 Å². The number of aromatic hydroxyl groups is 1. The van der Waals surface area contributed by atoms with Gasteiger partial charge in [0.25, 0.3) is 11.6 Å². The van der Waals surface area contributed by atoms with Crippen molar-refractivity contribution >= 4 is 49.7 Å². The van der Waals surface area contributed by atoms with E-state index in [1.54, 1.807) is 30.5 Å². The van der Waals surface area contributed by atoms with E-state index in [1.165, 1.54) is 29.1 Å². The summed E-state index contributed by atoms with van der Waals surface area (Å²) in [6.45, 7) is 0.356. The molecule has 0 radical (unpaired) electrons. The van der Waals surface area contributed by atoms with Crippen molar-refractivity contribution in [1.82, 2.24) is 15.2 Å². The number of phenols is 1. The molecular weight excluding hydrogens is 510 g/mol. The number of amides is 1. The van der Waals surface area contributed by atoms with E-state index in [1.807, 2.05) is 0 Å². The summed E-state index contributed by atoms with van der Waals surface area (Å²) >= 11 is 6.53. The number of hydrogen-bond acceptors (Lipinski definition) is 6. The largest absolute Gasteiger partial charge is 0.506 e. The van der Waals surface area contributed by atoms with Gasteiger partial charge >= 0.3 is 0 Å². The highest BCUT2D eigenvalue weighted by Gasteiger charge is 2.10. The number of phenolic OH excluding ortho intramolecular Hbond substituents is 1. The van der Waals surface area contributed by atoms with E-state index in [4.69, 9.17) is 0 Å². The molecule has 0 spiro atoms. The van der Waals surface area contributed by atoms with E-state index in [0.29, 0.717) is 16.6 Å². The summed E-state index contributed by atoms with van der Waals surface area (Å²) in [5, 5.41) is 28.7. The number of nitrogens with one attached hydrogen (secondary N) is 1. The first kappa shape index (κ1) is 20.7. The molecule has 3 rings (SSSR count). The average Bonchev–Trinajstić information content (AvgIpc) is 3.14. The van der Waals surface area contributed by atoms with Crippen LogP contribution in [0.5, 0.6) is 5.75 Å². The maximum Gasteiger partial charge on any atom is 0.291 e. The molecule has 1 amide bonds. The van der Waals surface area contributed by atoms with Crippen LogP contribution in [-0.4, -0.2) is 31.9 Å². The lowest BCUT2D eigenvalue weighted by atomic mass is 10.2. The fourth-order valence-electron chi connectivity index (χ4n) is 2.38. The summed E-state index contributed by atoms with van der Waals surface area (Å²) < 4.78 is 2.77. The first-order valence-corrected chi connectivity index (χ1v) is 9.70. The summed E-state index contributed by atoms with van der Waals surface area (Å²) in [4.78, 5) is 22.4. The Morgan fingerprint density at radius 2 is 2.00 bits per heavy atom. The second-order valence-corrected chi connectivity index (χ2v) is 7.62. The smallest absolute Gasteiger partial charge is 0.291 e. The lowest BCUT2D eigenvalue weighted by Crippen LogP contribution is -2.18. The molecule has 0 saturated carbocycles. The Balaban J connectivity index is 1.63. The number of halogens is 2.